The Bertz CT molecular complexity index is 833. The molecule has 0 saturated carbocycles. The van der Waals surface area contributed by atoms with Crippen LogP contribution in [0.5, 0.6) is 0 Å². The fraction of sp³-hybridized carbons (Fsp3) is 0.389. The summed E-state index contributed by atoms with van der Waals surface area (Å²) < 4.78 is 12.9. The Balaban J connectivity index is 1.80. The summed E-state index contributed by atoms with van der Waals surface area (Å²) >= 11 is 28.3. The SMILES string of the molecule is C=C(CC(=O)OC1CCc2cc(Cl)c(Cl)cc21)C(=O)OCC(=O)OCC(Cl)(Cl)Cl. The van der Waals surface area contributed by atoms with E-state index in [-0.39, 0.29) is 5.57 Å². The smallest absolute Gasteiger partial charge is 0.344 e. The molecule has 0 fully saturated rings. The maximum atomic E-state index is 12.1. The first kappa shape index (κ1) is 24.1. The van der Waals surface area contributed by atoms with Gasteiger partial charge >= 0.3 is 17.9 Å². The maximum Gasteiger partial charge on any atom is 0.344 e. The molecule has 1 aliphatic rings. The summed E-state index contributed by atoms with van der Waals surface area (Å²) in [6.45, 7) is 2.25. The zero-order valence-electron chi connectivity index (χ0n) is 14.8. The van der Waals surface area contributed by atoms with Crippen LogP contribution in [0.1, 0.15) is 30.1 Å². The normalized spacial score (nSPS) is 15.4. The van der Waals surface area contributed by atoms with E-state index in [1.165, 1.54) is 0 Å². The summed E-state index contributed by atoms with van der Waals surface area (Å²) in [4.78, 5) is 35.4. The molecule has 0 heterocycles. The number of rotatable bonds is 7. The molecule has 6 nitrogen and oxygen atoms in total. The van der Waals surface area contributed by atoms with E-state index in [0.29, 0.717) is 22.9 Å². The number of hydrogen-bond acceptors (Lipinski definition) is 6. The average Bonchev–Trinajstić information content (AvgIpc) is 2.99. The highest BCUT2D eigenvalue weighted by atomic mass is 35.6. The summed E-state index contributed by atoms with van der Waals surface area (Å²) in [5, 5.41) is 0.795. The molecule has 0 aromatic heterocycles. The number of fused-ring (bicyclic) bond motifs is 1. The first-order valence-electron chi connectivity index (χ1n) is 8.21. The van der Waals surface area contributed by atoms with Crippen LogP contribution in [0.15, 0.2) is 24.3 Å². The Labute approximate surface area is 191 Å². The highest BCUT2D eigenvalue weighted by Crippen LogP contribution is 2.38. The van der Waals surface area contributed by atoms with Crippen LogP contribution in [0.2, 0.25) is 10.0 Å². The molecule has 0 spiro atoms. The standard InChI is InChI=1S/C18H15Cl5O6/c1-9(17(26)27-7-16(25)28-8-18(21,22)23)4-15(24)29-14-3-2-10-5-12(19)13(20)6-11(10)14/h5-6,14H,1-4,7-8H2. The van der Waals surface area contributed by atoms with Crippen molar-refractivity contribution in [3.63, 3.8) is 0 Å². The molecule has 29 heavy (non-hydrogen) atoms. The predicted octanol–water partition coefficient (Wildman–Crippen LogP) is 4.93. The lowest BCUT2D eigenvalue weighted by molar-refractivity contribution is -0.157. The van der Waals surface area contributed by atoms with Crippen molar-refractivity contribution in [3.8, 4) is 0 Å². The largest absolute Gasteiger partial charge is 0.459 e. The van der Waals surface area contributed by atoms with Gasteiger partial charge in [-0.15, -0.1) is 0 Å². The molecule has 1 aromatic rings. The molecule has 0 bridgehead atoms. The van der Waals surface area contributed by atoms with E-state index >= 15 is 0 Å². The summed E-state index contributed by atoms with van der Waals surface area (Å²) in [5.74, 6) is -2.54. The van der Waals surface area contributed by atoms with E-state index in [0.717, 1.165) is 11.1 Å². The van der Waals surface area contributed by atoms with Crippen LogP contribution in [0, 0.1) is 0 Å². The van der Waals surface area contributed by atoms with E-state index in [1.54, 1.807) is 12.1 Å². The fourth-order valence-corrected chi connectivity index (χ4v) is 3.08. The van der Waals surface area contributed by atoms with Gasteiger partial charge in [0.05, 0.1) is 16.5 Å². The third-order valence-electron chi connectivity index (χ3n) is 3.84. The van der Waals surface area contributed by atoms with Gasteiger partial charge in [-0.2, -0.15) is 0 Å². The quantitative estimate of drug-likeness (QED) is 0.227. The lowest BCUT2D eigenvalue weighted by atomic mass is 10.1. The number of halogens is 5. The molecule has 0 radical (unpaired) electrons. The lowest BCUT2D eigenvalue weighted by Crippen LogP contribution is -2.23. The number of benzene rings is 1. The average molecular weight is 505 g/mol. The van der Waals surface area contributed by atoms with Crippen molar-refractivity contribution >= 4 is 75.9 Å². The molecule has 0 N–H and O–H groups in total. The predicted molar refractivity (Wildman–Crippen MR) is 110 cm³/mol. The fourth-order valence-electron chi connectivity index (χ4n) is 2.56. The van der Waals surface area contributed by atoms with E-state index in [4.69, 9.17) is 67.5 Å². The molecular weight excluding hydrogens is 489 g/mol. The van der Waals surface area contributed by atoms with Gasteiger partial charge in [0.1, 0.15) is 12.7 Å². The zero-order chi connectivity index (χ0) is 21.8. The van der Waals surface area contributed by atoms with E-state index in [1.807, 2.05) is 0 Å². The van der Waals surface area contributed by atoms with E-state index < -0.39 is 47.4 Å². The van der Waals surface area contributed by atoms with Gasteiger partial charge < -0.3 is 14.2 Å². The van der Waals surface area contributed by atoms with Crippen LogP contribution >= 0.6 is 58.0 Å². The van der Waals surface area contributed by atoms with Gasteiger partial charge in [0, 0.05) is 5.57 Å². The minimum Gasteiger partial charge on any atom is -0.459 e. The van der Waals surface area contributed by atoms with Gasteiger partial charge in [0.15, 0.2) is 6.61 Å². The molecule has 0 amide bonds. The van der Waals surface area contributed by atoms with Gasteiger partial charge in [0.2, 0.25) is 3.79 Å². The number of esters is 3. The van der Waals surface area contributed by atoms with E-state index in [2.05, 4.69) is 11.3 Å². The zero-order valence-corrected chi connectivity index (χ0v) is 18.6. The number of carbonyl (C=O) groups excluding carboxylic acids is 3. The van der Waals surface area contributed by atoms with Gasteiger partial charge in [-0.3, -0.25) is 4.79 Å². The second kappa shape index (κ2) is 10.2. The van der Waals surface area contributed by atoms with Crippen LogP contribution in [-0.2, 0) is 35.0 Å². The number of ether oxygens (including phenoxy) is 3. The summed E-state index contributed by atoms with van der Waals surface area (Å²) in [6, 6.07) is 3.40. The highest BCUT2D eigenvalue weighted by molar-refractivity contribution is 6.67. The van der Waals surface area contributed by atoms with Crippen molar-refractivity contribution in [2.24, 2.45) is 0 Å². The second-order valence-corrected chi connectivity index (χ2v) is 9.45. The van der Waals surface area contributed by atoms with Crippen LogP contribution in [0.4, 0.5) is 0 Å². The van der Waals surface area contributed by atoms with Crippen molar-refractivity contribution in [1.82, 2.24) is 0 Å². The van der Waals surface area contributed by atoms with Crippen molar-refractivity contribution in [2.45, 2.75) is 29.2 Å². The maximum absolute atomic E-state index is 12.1. The summed E-state index contributed by atoms with van der Waals surface area (Å²) in [6.07, 6.45) is 0.357. The Morgan fingerprint density at radius 2 is 1.72 bits per heavy atom. The van der Waals surface area contributed by atoms with Crippen LogP contribution in [0.3, 0.4) is 0 Å². The highest BCUT2D eigenvalue weighted by Gasteiger charge is 2.28. The van der Waals surface area contributed by atoms with Crippen molar-refractivity contribution in [2.75, 3.05) is 13.2 Å². The minimum atomic E-state index is -1.78. The third kappa shape index (κ3) is 7.54. The molecule has 1 aliphatic carbocycles. The molecule has 2 rings (SSSR count). The molecule has 1 aromatic carbocycles. The molecular formula is C18H15Cl5O6. The monoisotopic (exact) mass is 502 g/mol. The summed E-state index contributed by atoms with van der Waals surface area (Å²) in [7, 11) is 0. The van der Waals surface area contributed by atoms with Crippen molar-refractivity contribution in [1.29, 1.82) is 0 Å². The van der Waals surface area contributed by atoms with Gasteiger partial charge in [0.25, 0.3) is 0 Å². The Hall–Kier alpha value is -1.18. The van der Waals surface area contributed by atoms with Crippen LogP contribution < -0.4 is 0 Å². The molecule has 0 aliphatic heterocycles. The van der Waals surface area contributed by atoms with Crippen LogP contribution in [0.25, 0.3) is 0 Å². The topological polar surface area (TPSA) is 78.9 Å². The number of aryl methyl sites for hydroxylation is 1. The van der Waals surface area contributed by atoms with Gasteiger partial charge in [-0.05, 0) is 36.1 Å². The lowest BCUT2D eigenvalue weighted by Gasteiger charge is -2.14. The molecule has 158 valence electrons. The number of hydrogen-bond donors (Lipinski definition) is 0. The third-order valence-corrected chi connectivity index (χ3v) is 4.89. The molecule has 0 saturated heterocycles. The Morgan fingerprint density at radius 1 is 1.07 bits per heavy atom. The minimum absolute atomic E-state index is 0.184. The van der Waals surface area contributed by atoms with Crippen molar-refractivity contribution < 1.29 is 28.6 Å². The van der Waals surface area contributed by atoms with Crippen molar-refractivity contribution in [3.05, 3.63) is 45.5 Å². The van der Waals surface area contributed by atoms with Gasteiger partial charge in [-0.25, -0.2) is 9.59 Å². The number of carbonyl (C=O) groups is 3. The first-order valence-corrected chi connectivity index (χ1v) is 10.1. The number of alkyl halides is 3. The second-order valence-electron chi connectivity index (χ2n) is 6.11. The Kier molecular flexibility index (Phi) is 8.49. The van der Waals surface area contributed by atoms with Crippen LogP contribution in [-0.4, -0.2) is 34.9 Å². The summed E-state index contributed by atoms with van der Waals surface area (Å²) in [5.41, 5.74) is 1.54. The molecule has 11 heteroatoms. The molecule has 1 atom stereocenters. The van der Waals surface area contributed by atoms with E-state index in [9.17, 15) is 14.4 Å². The molecule has 1 unspecified atom stereocenters. The van der Waals surface area contributed by atoms with Gasteiger partial charge in [-0.1, -0.05) is 64.6 Å². The first-order chi connectivity index (χ1) is 13.5. The Morgan fingerprint density at radius 3 is 2.38 bits per heavy atom.